The number of aromatic nitrogens is 2. The summed E-state index contributed by atoms with van der Waals surface area (Å²) in [7, 11) is 0. The number of halogens is 2. The van der Waals surface area contributed by atoms with Crippen LogP contribution in [0.1, 0.15) is 31.3 Å². The minimum atomic E-state index is 0. The van der Waals surface area contributed by atoms with Gasteiger partial charge in [0.2, 0.25) is 11.7 Å². The number of guanidine groups is 1. The second kappa shape index (κ2) is 11.0. The van der Waals surface area contributed by atoms with E-state index in [-0.39, 0.29) is 36.6 Å². The fourth-order valence-electron chi connectivity index (χ4n) is 2.53. The van der Waals surface area contributed by atoms with E-state index in [2.05, 4.69) is 44.8 Å². The number of benzene rings is 2. The fraction of sp³-hybridized carbons (Fsp3) is 0.250. The van der Waals surface area contributed by atoms with Crippen LogP contribution in [0.25, 0.3) is 11.4 Å². The lowest BCUT2D eigenvalue weighted by atomic mass is 10.1. The molecule has 0 fully saturated rings. The van der Waals surface area contributed by atoms with Gasteiger partial charge in [0.15, 0.2) is 5.96 Å². The average molecular weight is 512 g/mol. The summed E-state index contributed by atoms with van der Waals surface area (Å²) in [5.41, 5.74) is 2.03. The van der Waals surface area contributed by atoms with Gasteiger partial charge >= 0.3 is 0 Å². The number of rotatable bonds is 6. The van der Waals surface area contributed by atoms with E-state index < -0.39 is 0 Å². The molecule has 6 nitrogen and oxygen atoms in total. The smallest absolute Gasteiger partial charge is 0.248 e. The van der Waals surface area contributed by atoms with Crippen molar-refractivity contribution in [1.29, 1.82) is 0 Å². The zero-order chi connectivity index (χ0) is 19.1. The van der Waals surface area contributed by atoms with Gasteiger partial charge in [0.1, 0.15) is 6.54 Å². The summed E-state index contributed by atoms with van der Waals surface area (Å²) >= 11 is 5.91. The molecular weight excluding hydrogens is 489 g/mol. The van der Waals surface area contributed by atoms with Crippen molar-refractivity contribution in [3.63, 3.8) is 0 Å². The summed E-state index contributed by atoms with van der Waals surface area (Å²) in [6.07, 6.45) is 0. The topological polar surface area (TPSA) is 75.3 Å². The van der Waals surface area contributed by atoms with Crippen LogP contribution in [0.3, 0.4) is 0 Å². The van der Waals surface area contributed by atoms with Crippen LogP contribution in [0.4, 0.5) is 0 Å². The van der Waals surface area contributed by atoms with Gasteiger partial charge < -0.3 is 15.2 Å². The molecule has 1 atom stereocenters. The van der Waals surface area contributed by atoms with Gasteiger partial charge in [0.05, 0.1) is 6.04 Å². The van der Waals surface area contributed by atoms with Gasteiger partial charge in [-0.3, -0.25) is 0 Å². The van der Waals surface area contributed by atoms with Crippen LogP contribution in [-0.2, 0) is 6.54 Å². The molecule has 0 amide bonds. The molecule has 3 rings (SSSR count). The number of hydrogen-bond donors (Lipinski definition) is 2. The second-order valence-electron chi connectivity index (χ2n) is 5.99. The summed E-state index contributed by atoms with van der Waals surface area (Å²) in [4.78, 5) is 8.94. The van der Waals surface area contributed by atoms with Crippen molar-refractivity contribution in [2.24, 2.45) is 4.99 Å². The molecule has 0 radical (unpaired) electrons. The lowest BCUT2D eigenvalue weighted by Gasteiger charge is -2.17. The highest BCUT2D eigenvalue weighted by atomic mass is 127. The Balaban J connectivity index is 0.00000280. The zero-order valence-corrected chi connectivity index (χ0v) is 18.8. The predicted octanol–water partition coefficient (Wildman–Crippen LogP) is 4.82. The SMILES string of the molecule is CCNC(=NCc1nc(-c2ccc(Cl)cc2)no1)NC(C)c1ccccc1.I. The maximum atomic E-state index is 5.91. The summed E-state index contributed by atoms with van der Waals surface area (Å²) in [5.74, 6) is 1.66. The molecule has 0 saturated carbocycles. The Hall–Kier alpha value is -2.13. The minimum absolute atomic E-state index is 0. The number of nitrogens with zero attached hydrogens (tertiary/aromatic N) is 3. The molecule has 1 heterocycles. The summed E-state index contributed by atoms with van der Waals surface area (Å²) in [5, 5.41) is 11.3. The van der Waals surface area contributed by atoms with Crippen molar-refractivity contribution in [3.05, 3.63) is 71.1 Å². The molecule has 0 aliphatic rings. The van der Waals surface area contributed by atoms with Crippen molar-refractivity contribution in [2.45, 2.75) is 26.4 Å². The first-order chi connectivity index (χ1) is 13.2. The molecule has 148 valence electrons. The van der Waals surface area contributed by atoms with Gasteiger partial charge in [-0.1, -0.05) is 47.1 Å². The monoisotopic (exact) mass is 511 g/mol. The van der Waals surface area contributed by atoms with Gasteiger partial charge in [-0.15, -0.1) is 24.0 Å². The van der Waals surface area contributed by atoms with Gasteiger partial charge in [0.25, 0.3) is 0 Å². The number of aliphatic imine (C=N–C) groups is 1. The molecule has 2 aromatic carbocycles. The first kappa shape index (κ1) is 22.2. The van der Waals surface area contributed by atoms with Crippen molar-refractivity contribution in [1.82, 2.24) is 20.8 Å². The Kier molecular flexibility index (Phi) is 8.72. The number of hydrogen-bond acceptors (Lipinski definition) is 4. The molecule has 0 aliphatic carbocycles. The van der Waals surface area contributed by atoms with E-state index in [1.807, 2.05) is 37.3 Å². The van der Waals surface area contributed by atoms with Gasteiger partial charge in [-0.2, -0.15) is 4.98 Å². The van der Waals surface area contributed by atoms with Crippen LogP contribution in [0.5, 0.6) is 0 Å². The highest BCUT2D eigenvalue weighted by Gasteiger charge is 2.10. The molecule has 0 saturated heterocycles. The Morgan fingerprint density at radius 2 is 1.86 bits per heavy atom. The third kappa shape index (κ3) is 6.20. The van der Waals surface area contributed by atoms with E-state index in [9.17, 15) is 0 Å². The van der Waals surface area contributed by atoms with Crippen LogP contribution in [0, 0.1) is 0 Å². The third-order valence-electron chi connectivity index (χ3n) is 3.94. The van der Waals surface area contributed by atoms with Crippen LogP contribution in [0.15, 0.2) is 64.1 Å². The van der Waals surface area contributed by atoms with E-state index in [0.717, 1.165) is 12.1 Å². The maximum Gasteiger partial charge on any atom is 0.248 e. The minimum Gasteiger partial charge on any atom is -0.357 e. The quantitative estimate of drug-likeness (QED) is 0.282. The molecule has 1 unspecified atom stereocenters. The molecule has 2 N–H and O–H groups in total. The van der Waals surface area contributed by atoms with Gasteiger partial charge in [0, 0.05) is 17.1 Å². The molecule has 28 heavy (non-hydrogen) atoms. The normalized spacial score (nSPS) is 12.2. The van der Waals surface area contributed by atoms with E-state index in [1.54, 1.807) is 12.1 Å². The summed E-state index contributed by atoms with van der Waals surface area (Å²) in [6, 6.07) is 17.6. The van der Waals surface area contributed by atoms with Crippen molar-refractivity contribution < 1.29 is 4.52 Å². The van der Waals surface area contributed by atoms with Crippen molar-refractivity contribution >= 4 is 41.5 Å². The third-order valence-corrected chi connectivity index (χ3v) is 4.19. The van der Waals surface area contributed by atoms with Crippen LogP contribution in [-0.4, -0.2) is 22.6 Å². The van der Waals surface area contributed by atoms with Gasteiger partial charge in [-0.25, -0.2) is 4.99 Å². The van der Waals surface area contributed by atoms with E-state index in [4.69, 9.17) is 16.1 Å². The first-order valence-corrected chi connectivity index (χ1v) is 9.22. The predicted molar refractivity (Wildman–Crippen MR) is 123 cm³/mol. The Morgan fingerprint density at radius 1 is 1.14 bits per heavy atom. The van der Waals surface area contributed by atoms with E-state index >= 15 is 0 Å². The average Bonchev–Trinajstić information content (AvgIpc) is 3.16. The second-order valence-corrected chi connectivity index (χ2v) is 6.43. The Labute approximate surface area is 186 Å². The molecule has 1 aromatic heterocycles. The molecule has 8 heteroatoms. The molecule has 0 spiro atoms. The van der Waals surface area contributed by atoms with Crippen LogP contribution >= 0.6 is 35.6 Å². The zero-order valence-electron chi connectivity index (χ0n) is 15.7. The Morgan fingerprint density at radius 3 is 2.54 bits per heavy atom. The maximum absolute atomic E-state index is 5.91. The Bertz CT molecular complexity index is 883. The van der Waals surface area contributed by atoms with E-state index in [0.29, 0.717) is 22.7 Å². The summed E-state index contributed by atoms with van der Waals surface area (Å²) in [6.45, 7) is 5.16. The summed E-state index contributed by atoms with van der Waals surface area (Å²) < 4.78 is 5.31. The fourth-order valence-corrected chi connectivity index (χ4v) is 2.66. The highest BCUT2D eigenvalue weighted by molar-refractivity contribution is 14.0. The van der Waals surface area contributed by atoms with Crippen LogP contribution < -0.4 is 10.6 Å². The van der Waals surface area contributed by atoms with Crippen molar-refractivity contribution in [2.75, 3.05) is 6.54 Å². The van der Waals surface area contributed by atoms with Crippen molar-refractivity contribution in [3.8, 4) is 11.4 Å². The number of nitrogens with one attached hydrogen (secondary N) is 2. The van der Waals surface area contributed by atoms with Crippen LogP contribution in [0.2, 0.25) is 5.02 Å². The molecular formula is C20H23ClIN5O. The largest absolute Gasteiger partial charge is 0.357 e. The van der Waals surface area contributed by atoms with Gasteiger partial charge in [-0.05, 0) is 43.7 Å². The molecule has 0 aliphatic heterocycles. The standard InChI is InChI=1S/C20H22ClN5O.HI/c1-3-22-20(24-14(2)15-7-5-4-6-8-15)23-13-18-25-19(26-27-18)16-9-11-17(21)12-10-16;/h4-12,14H,3,13H2,1-2H3,(H2,22,23,24);1H. The lowest BCUT2D eigenvalue weighted by Crippen LogP contribution is -2.38. The first-order valence-electron chi connectivity index (χ1n) is 8.84. The molecule has 0 bridgehead atoms. The highest BCUT2D eigenvalue weighted by Crippen LogP contribution is 2.19. The van der Waals surface area contributed by atoms with E-state index in [1.165, 1.54) is 5.56 Å². The molecule has 3 aromatic rings. The lowest BCUT2D eigenvalue weighted by molar-refractivity contribution is 0.380.